The van der Waals surface area contributed by atoms with Crippen molar-refractivity contribution >= 4 is 0 Å². The summed E-state index contributed by atoms with van der Waals surface area (Å²) in [7, 11) is 0. The molecule has 0 saturated carbocycles. The van der Waals surface area contributed by atoms with Gasteiger partial charge in [0.15, 0.2) is 0 Å². The fourth-order valence-corrected chi connectivity index (χ4v) is 0.186. The van der Waals surface area contributed by atoms with Gasteiger partial charge in [-0.1, -0.05) is 5.92 Å². The summed E-state index contributed by atoms with van der Waals surface area (Å²) in [6.45, 7) is 1.17. The summed E-state index contributed by atoms with van der Waals surface area (Å²) in [5.41, 5.74) is 0. The summed E-state index contributed by atoms with van der Waals surface area (Å²) in [6, 6.07) is 0. The number of hydrogen-bond acceptors (Lipinski definition) is 1. The van der Waals surface area contributed by atoms with Crippen LogP contribution in [0.15, 0.2) is 0 Å². The van der Waals surface area contributed by atoms with E-state index in [-0.39, 0.29) is 0 Å². The van der Waals surface area contributed by atoms with Gasteiger partial charge in [0.1, 0.15) is 6.10 Å². The Morgan fingerprint density at radius 2 is 1.89 bits per heavy atom. The van der Waals surface area contributed by atoms with Crippen molar-refractivity contribution in [2.24, 2.45) is 0 Å². The lowest BCUT2D eigenvalue weighted by atomic mass is 10.4. The molecule has 0 bridgehead atoms. The molecule has 4 heteroatoms. The molecule has 52 valence electrons. The fourth-order valence-electron chi connectivity index (χ4n) is 0.186. The van der Waals surface area contributed by atoms with Gasteiger partial charge in [-0.15, -0.1) is 0 Å². The van der Waals surface area contributed by atoms with E-state index in [4.69, 9.17) is 5.11 Å². The molecule has 9 heavy (non-hydrogen) atoms. The van der Waals surface area contributed by atoms with Gasteiger partial charge in [0.25, 0.3) is 0 Å². The molecule has 0 aromatic carbocycles. The first kappa shape index (κ1) is 8.31. The molecule has 0 aliphatic heterocycles. The zero-order valence-electron chi connectivity index (χ0n) is 4.66. The van der Waals surface area contributed by atoms with Crippen LogP contribution in [0, 0.1) is 11.8 Å². The number of alkyl halides is 3. The number of aliphatic hydroxyl groups excluding tert-OH is 1. The van der Waals surface area contributed by atoms with Gasteiger partial charge in [-0.2, -0.15) is 13.2 Å². The maximum atomic E-state index is 11.1. The van der Waals surface area contributed by atoms with Crippen molar-refractivity contribution in [2.75, 3.05) is 0 Å². The minimum absolute atomic E-state index is 0.921. The maximum Gasteiger partial charge on any atom is 0.457 e. The van der Waals surface area contributed by atoms with Gasteiger partial charge in [-0.05, 0) is 6.92 Å². The van der Waals surface area contributed by atoms with E-state index in [1.165, 1.54) is 6.92 Å². The van der Waals surface area contributed by atoms with E-state index in [9.17, 15) is 13.2 Å². The molecule has 0 aromatic rings. The van der Waals surface area contributed by atoms with Crippen LogP contribution in [0.3, 0.4) is 0 Å². The van der Waals surface area contributed by atoms with E-state index in [1.807, 2.05) is 0 Å². The van der Waals surface area contributed by atoms with Crippen molar-refractivity contribution < 1.29 is 18.3 Å². The summed E-state index contributed by atoms with van der Waals surface area (Å²) in [6.07, 6.45) is -5.71. The molecule has 0 aliphatic carbocycles. The Labute approximate surface area is 50.5 Å². The summed E-state index contributed by atoms with van der Waals surface area (Å²) < 4.78 is 33.4. The lowest BCUT2D eigenvalue weighted by Crippen LogP contribution is -2.04. The second-order valence-corrected chi connectivity index (χ2v) is 1.44. The molecule has 1 N–H and O–H groups in total. The average Bonchev–Trinajstić information content (AvgIpc) is 1.59. The van der Waals surface area contributed by atoms with Crippen LogP contribution in [0.2, 0.25) is 0 Å². The predicted octanol–water partition coefficient (Wildman–Crippen LogP) is 0.933. The van der Waals surface area contributed by atoms with Crippen molar-refractivity contribution in [3.05, 3.63) is 0 Å². The highest BCUT2D eigenvalue weighted by Gasteiger charge is 2.22. The lowest BCUT2D eigenvalue weighted by Gasteiger charge is -1.92. The van der Waals surface area contributed by atoms with E-state index < -0.39 is 12.3 Å². The Morgan fingerprint density at radius 1 is 1.44 bits per heavy atom. The molecule has 0 amide bonds. The Morgan fingerprint density at radius 3 is 2.00 bits per heavy atom. The first-order valence-electron chi connectivity index (χ1n) is 2.19. The molecule has 0 saturated heterocycles. The third-order valence-electron chi connectivity index (χ3n) is 0.423. The van der Waals surface area contributed by atoms with Crippen molar-refractivity contribution in [3.63, 3.8) is 0 Å². The first-order valence-corrected chi connectivity index (χ1v) is 2.19. The zero-order valence-corrected chi connectivity index (χ0v) is 4.66. The zero-order chi connectivity index (χ0) is 7.49. The van der Waals surface area contributed by atoms with Crippen LogP contribution in [0.5, 0.6) is 0 Å². The Hall–Kier alpha value is -0.690. The summed E-state index contributed by atoms with van der Waals surface area (Å²) in [5, 5.41) is 8.24. The number of halogens is 3. The van der Waals surface area contributed by atoms with E-state index in [1.54, 1.807) is 5.92 Å². The molecular weight excluding hydrogens is 133 g/mol. The van der Waals surface area contributed by atoms with Crippen molar-refractivity contribution in [2.45, 2.75) is 19.2 Å². The highest BCUT2D eigenvalue weighted by atomic mass is 19.4. The van der Waals surface area contributed by atoms with Gasteiger partial charge < -0.3 is 5.11 Å². The van der Waals surface area contributed by atoms with E-state index >= 15 is 0 Å². The van der Waals surface area contributed by atoms with E-state index in [0.29, 0.717) is 0 Å². The quantitative estimate of drug-likeness (QED) is 0.494. The Kier molecular flexibility index (Phi) is 2.53. The SMILES string of the molecule is C[C@H](O)C#CC(F)(F)F. The predicted molar refractivity (Wildman–Crippen MR) is 25.5 cm³/mol. The number of hydrogen-bond donors (Lipinski definition) is 1. The molecule has 0 spiro atoms. The second kappa shape index (κ2) is 2.74. The fraction of sp³-hybridized carbons (Fsp3) is 0.600. The lowest BCUT2D eigenvalue weighted by molar-refractivity contribution is -0.0699. The average molecular weight is 138 g/mol. The highest BCUT2D eigenvalue weighted by molar-refractivity contribution is 5.08. The van der Waals surface area contributed by atoms with Crippen LogP contribution >= 0.6 is 0 Å². The maximum absolute atomic E-state index is 11.1. The standard InChI is InChI=1S/C5H5F3O/c1-4(9)2-3-5(6,7)8/h4,9H,1H3/t4-/m0/s1. The normalized spacial score (nSPS) is 13.9. The number of rotatable bonds is 0. The van der Waals surface area contributed by atoms with Gasteiger partial charge >= 0.3 is 6.18 Å². The van der Waals surface area contributed by atoms with Crippen molar-refractivity contribution in [1.82, 2.24) is 0 Å². The smallest absolute Gasteiger partial charge is 0.381 e. The van der Waals surface area contributed by atoms with Gasteiger partial charge in [-0.3, -0.25) is 0 Å². The molecule has 0 aliphatic rings. The summed E-state index contributed by atoms with van der Waals surface area (Å²) >= 11 is 0. The van der Waals surface area contributed by atoms with Crippen LogP contribution in [0.4, 0.5) is 13.2 Å². The van der Waals surface area contributed by atoms with Crippen LogP contribution < -0.4 is 0 Å². The summed E-state index contributed by atoms with van der Waals surface area (Å²) in [5.74, 6) is 2.49. The number of aliphatic hydroxyl groups is 1. The monoisotopic (exact) mass is 138 g/mol. The van der Waals surface area contributed by atoms with Gasteiger partial charge in [0, 0.05) is 5.92 Å². The molecule has 0 rings (SSSR count). The first-order chi connectivity index (χ1) is 3.92. The topological polar surface area (TPSA) is 20.2 Å². The largest absolute Gasteiger partial charge is 0.457 e. The molecular formula is C5H5F3O. The molecule has 0 fully saturated rings. The van der Waals surface area contributed by atoms with Gasteiger partial charge in [-0.25, -0.2) is 0 Å². The Bertz CT molecular complexity index is 137. The van der Waals surface area contributed by atoms with Crippen LogP contribution in [-0.4, -0.2) is 17.4 Å². The van der Waals surface area contributed by atoms with Crippen molar-refractivity contribution in [1.29, 1.82) is 0 Å². The van der Waals surface area contributed by atoms with Crippen LogP contribution in [0.25, 0.3) is 0 Å². The second-order valence-electron chi connectivity index (χ2n) is 1.44. The van der Waals surface area contributed by atoms with Gasteiger partial charge in [0.2, 0.25) is 0 Å². The van der Waals surface area contributed by atoms with E-state index in [0.717, 1.165) is 5.92 Å². The van der Waals surface area contributed by atoms with Gasteiger partial charge in [0.05, 0.1) is 0 Å². The minimum Gasteiger partial charge on any atom is -0.381 e. The van der Waals surface area contributed by atoms with Crippen molar-refractivity contribution in [3.8, 4) is 11.8 Å². The highest BCUT2D eigenvalue weighted by Crippen LogP contribution is 2.11. The third-order valence-corrected chi connectivity index (χ3v) is 0.423. The molecule has 0 aromatic heterocycles. The molecule has 0 radical (unpaired) electrons. The van der Waals surface area contributed by atoms with Crippen LogP contribution in [0.1, 0.15) is 6.92 Å². The third kappa shape index (κ3) is 7.31. The summed E-state index contributed by atoms with van der Waals surface area (Å²) in [4.78, 5) is 0. The Balaban J connectivity index is 3.88. The molecule has 0 unspecified atom stereocenters. The molecule has 1 atom stereocenters. The minimum atomic E-state index is -4.49. The van der Waals surface area contributed by atoms with Crippen LogP contribution in [-0.2, 0) is 0 Å². The van der Waals surface area contributed by atoms with E-state index in [2.05, 4.69) is 0 Å². The molecule has 1 nitrogen and oxygen atoms in total. The molecule has 0 heterocycles.